The van der Waals surface area contributed by atoms with Crippen LogP contribution in [0, 0.1) is 0 Å². The van der Waals surface area contributed by atoms with Gasteiger partial charge in [0.05, 0.1) is 7.11 Å². The topological polar surface area (TPSA) is 66.5 Å². The highest BCUT2D eigenvalue weighted by Crippen LogP contribution is 2.19. The number of aryl methyl sites for hydroxylation is 1. The minimum Gasteiger partial charge on any atom is -0.497 e. The zero-order valence-corrected chi connectivity index (χ0v) is 14.7. The molecule has 0 fully saturated rings. The van der Waals surface area contributed by atoms with Gasteiger partial charge in [0, 0.05) is 12.7 Å². The Morgan fingerprint density at radius 3 is 2.62 bits per heavy atom. The van der Waals surface area contributed by atoms with Crippen LogP contribution in [-0.2, 0) is 13.2 Å². The third-order valence-electron chi connectivity index (χ3n) is 3.74. The zero-order chi connectivity index (χ0) is 18.4. The molecule has 3 rings (SSSR count). The van der Waals surface area contributed by atoms with Crippen molar-refractivity contribution in [1.82, 2.24) is 9.78 Å². The molecule has 1 aromatic carbocycles. The summed E-state index contributed by atoms with van der Waals surface area (Å²) in [6.45, 7) is 3.00. The van der Waals surface area contributed by atoms with Crippen molar-refractivity contribution in [2.45, 2.75) is 20.1 Å². The average Bonchev–Trinajstić information content (AvgIpc) is 3.34. The van der Waals surface area contributed by atoms with E-state index in [1.165, 1.54) is 6.08 Å². The number of methoxy groups -OCH3 is 1. The van der Waals surface area contributed by atoms with E-state index in [1.807, 2.05) is 37.3 Å². The second-order valence-corrected chi connectivity index (χ2v) is 5.52. The van der Waals surface area contributed by atoms with Crippen LogP contribution in [0.25, 0.3) is 6.08 Å². The van der Waals surface area contributed by atoms with Crippen LogP contribution in [0.5, 0.6) is 11.5 Å². The van der Waals surface area contributed by atoms with Gasteiger partial charge in [-0.1, -0.05) is 0 Å². The number of carbonyl (C=O) groups excluding carboxylic acids is 1. The molecule has 0 saturated heterocycles. The molecule has 2 heterocycles. The summed E-state index contributed by atoms with van der Waals surface area (Å²) < 4.78 is 18.1. The maximum atomic E-state index is 12.1. The molecule has 134 valence electrons. The number of ether oxygens (including phenoxy) is 2. The molecule has 0 atom stereocenters. The van der Waals surface area contributed by atoms with Crippen molar-refractivity contribution in [3.63, 3.8) is 0 Å². The van der Waals surface area contributed by atoms with E-state index in [0.29, 0.717) is 23.8 Å². The third-order valence-corrected chi connectivity index (χ3v) is 3.74. The highest BCUT2D eigenvalue weighted by Gasteiger charge is 2.06. The highest BCUT2D eigenvalue weighted by atomic mass is 16.5. The fourth-order valence-electron chi connectivity index (χ4n) is 2.30. The monoisotopic (exact) mass is 352 g/mol. The van der Waals surface area contributed by atoms with E-state index in [0.717, 1.165) is 18.0 Å². The van der Waals surface area contributed by atoms with Crippen molar-refractivity contribution in [3.05, 3.63) is 72.0 Å². The molecule has 6 heteroatoms. The SMILES string of the molecule is CCn1ccc(C(=O)/C=C/c2ccc(COc3ccc(OC)cc3)o2)n1. The molecule has 3 aromatic rings. The Hall–Kier alpha value is -3.28. The number of rotatable bonds is 8. The minimum atomic E-state index is -0.162. The number of aromatic nitrogens is 2. The van der Waals surface area contributed by atoms with Gasteiger partial charge in [-0.05, 0) is 61.5 Å². The Morgan fingerprint density at radius 2 is 1.92 bits per heavy atom. The fourth-order valence-corrected chi connectivity index (χ4v) is 2.30. The molecule has 0 N–H and O–H groups in total. The molecule has 0 bridgehead atoms. The summed E-state index contributed by atoms with van der Waals surface area (Å²) in [6, 6.07) is 12.6. The number of hydrogen-bond acceptors (Lipinski definition) is 5. The number of carbonyl (C=O) groups is 1. The molecular formula is C20H20N2O4. The summed E-state index contributed by atoms with van der Waals surface area (Å²) in [7, 11) is 1.62. The lowest BCUT2D eigenvalue weighted by Crippen LogP contribution is -1.99. The van der Waals surface area contributed by atoms with Gasteiger partial charge in [-0.15, -0.1) is 0 Å². The van der Waals surface area contributed by atoms with Crippen molar-refractivity contribution < 1.29 is 18.7 Å². The maximum Gasteiger partial charge on any atom is 0.206 e. The highest BCUT2D eigenvalue weighted by molar-refractivity contribution is 6.05. The molecule has 2 aromatic heterocycles. The molecule has 6 nitrogen and oxygen atoms in total. The van der Waals surface area contributed by atoms with E-state index in [2.05, 4.69) is 5.10 Å². The summed E-state index contributed by atoms with van der Waals surface area (Å²) in [5, 5.41) is 4.18. The molecule has 0 radical (unpaired) electrons. The van der Waals surface area contributed by atoms with E-state index in [4.69, 9.17) is 13.9 Å². The summed E-state index contributed by atoms with van der Waals surface area (Å²) in [6.07, 6.45) is 4.86. The van der Waals surface area contributed by atoms with E-state index in [-0.39, 0.29) is 5.78 Å². The van der Waals surface area contributed by atoms with E-state index in [9.17, 15) is 4.79 Å². The Bertz CT molecular complexity index is 891. The van der Waals surface area contributed by atoms with E-state index < -0.39 is 0 Å². The molecule has 0 aliphatic rings. The van der Waals surface area contributed by atoms with Gasteiger partial charge in [-0.3, -0.25) is 9.48 Å². The van der Waals surface area contributed by atoms with Crippen molar-refractivity contribution in [2.24, 2.45) is 0 Å². The van der Waals surface area contributed by atoms with Crippen LogP contribution in [0.4, 0.5) is 0 Å². The van der Waals surface area contributed by atoms with Gasteiger partial charge >= 0.3 is 0 Å². The van der Waals surface area contributed by atoms with Crippen molar-refractivity contribution >= 4 is 11.9 Å². The van der Waals surface area contributed by atoms with E-state index >= 15 is 0 Å². The largest absolute Gasteiger partial charge is 0.497 e. The quantitative estimate of drug-likeness (QED) is 0.453. The molecule has 0 aliphatic carbocycles. The first-order valence-corrected chi connectivity index (χ1v) is 8.29. The second-order valence-electron chi connectivity index (χ2n) is 5.52. The van der Waals surface area contributed by atoms with Crippen LogP contribution >= 0.6 is 0 Å². The summed E-state index contributed by atoms with van der Waals surface area (Å²) in [5.41, 5.74) is 0.415. The maximum absolute atomic E-state index is 12.1. The predicted octanol–water partition coefficient (Wildman–Crippen LogP) is 3.98. The first-order chi connectivity index (χ1) is 12.7. The summed E-state index contributed by atoms with van der Waals surface area (Å²) in [4.78, 5) is 12.1. The van der Waals surface area contributed by atoms with Crippen LogP contribution in [0.3, 0.4) is 0 Å². The Labute approximate surface area is 151 Å². The van der Waals surface area contributed by atoms with Gasteiger partial charge < -0.3 is 13.9 Å². The first kappa shape index (κ1) is 17.5. The van der Waals surface area contributed by atoms with Crippen molar-refractivity contribution in [3.8, 4) is 11.5 Å². The number of hydrogen-bond donors (Lipinski definition) is 0. The number of benzene rings is 1. The molecule has 0 unspecified atom stereocenters. The molecule has 0 amide bonds. The van der Waals surface area contributed by atoms with Crippen LogP contribution in [0.2, 0.25) is 0 Å². The lowest BCUT2D eigenvalue weighted by molar-refractivity contribution is 0.104. The smallest absolute Gasteiger partial charge is 0.206 e. The molecule has 0 aliphatic heterocycles. The van der Waals surface area contributed by atoms with Crippen LogP contribution in [-0.4, -0.2) is 22.7 Å². The van der Waals surface area contributed by atoms with Gasteiger partial charge in [0.1, 0.15) is 35.3 Å². The third kappa shape index (κ3) is 4.42. The standard InChI is InChI=1S/C20H20N2O4/c1-3-22-13-12-19(21-22)20(23)11-10-17-8-9-18(26-17)14-25-16-6-4-15(24-2)5-7-16/h4-13H,3,14H2,1-2H3/b11-10+. The number of nitrogens with zero attached hydrogens (tertiary/aromatic N) is 2. The normalized spacial score (nSPS) is 11.0. The van der Waals surface area contributed by atoms with Gasteiger partial charge in [0.15, 0.2) is 0 Å². The van der Waals surface area contributed by atoms with Gasteiger partial charge in [-0.25, -0.2) is 0 Å². The van der Waals surface area contributed by atoms with E-state index in [1.54, 1.807) is 36.2 Å². The summed E-state index contributed by atoms with van der Waals surface area (Å²) >= 11 is 0. The lowest BCUT2D eigenvalue weighted by Gasteiger charge is -2.05. The Kier molecular flexibility index (Phi) is 5.53. The molecule has 26 heavy (non-hydrogen) atoms. The van der Waals surface area contributed by atoms with Gasteiger partial charge in [-0.2, -0.15) is 5.10 Å². The molecular weight excluding hydrogens is 332 g/mol. The second kappa shape index (κ2) is 8.20. The molecule has 0 saturated carbocycles. The van der Waals surface area contributed by atoms with Gasteiger partial charge in [0.25, 0.3) is 0 Å². The zero-order valence-electron chi connectivity index (χ0n) is 14.7. The minimum absolute atomic E-state index is 0.162. The van der Waals surface area contributed by atoms with Crippen LogP contribution in [0.1, 0.15) is 28.9 Å². The first-order valence-electron chi connectivity index (χ1n) is 8.29. The lowest BCUT2D eigenvalue weighted by atomic mass is 10.2. The van der Waals surface area contributed by atoms with Gasteiger partial charge in [0.2, 0.25) is 5.78 Å². The number of furan rings is 1. The fraction of sp³-hybridized carbons (Fsp3) is 0.200. The Balaban J connectivity index is 1.55. The summed E-state index contributed by atoms with van der Waals surface area (Å²) in [5.74, 6) is 2.59. The molecule has 0 spiro atoms. The predicted molar refractivity (Wildman–Crippen MR) is 97.3 cm³/mol. The van der Waals surface area contributed by atoms with Crippen molar-refractivity contribution in [1.29, 1.82) is 0 Å². The average molecular weight is 352 g/mol. The van der Waals surface area contributed by atoms with Crippen molar-refractivity contribution in [2.75, 3.05) is 7.11 Å². The number of allylic oxidation sites excluding steroid dienone is 1. The number of ketones is 1. The Morgan fingerprint density at radius 1 is 1.15 bits per heavy atom. The van der Waals surface area contributed by atoms with Crippen LogP contribution in [0.15, 0.2) is 59.2 Å². The van der Waals surface area contributed by atoms with Crippen LogP contribution < -0.4 is 9.47 Å².